The van der Waals surface area contributed by atoms with Crippen LogP contribution in [0.5, 0.6) is 0 Å². The highest BCUT2D eigenvalue weighted by molar-refractivity contribution is 5.94. The summed E-state index contributed by atoms with van der Waals surface area (Å²) in [5, 5.41) is 6.95. The Morgan fingerprint density at radius 3 is 2.85 bits per heavy atom. The zero-order chi connectivity index (χ0) is 18.1. The van der Waals surface area contributed by atoms with E-state index in [4.69, 9.17) is 0 Å². The summed E-state index contributed by atoms with van der Waals surface area (Å²) in [6.07, 6.45) is 4.46. The number of imidazole rings is 1. The average Bonchev–Trinajstić information content (AvgIpc) is 3.29. The van der Waals surface area contributed by atoms with Gasteiger partial charge in [0, 0.05) is 11.8 Å². The highest BCUT2D eigenvalue weighted by atomic mass is 16.2. The van der Waals surface area contributed by atoms with Crippen LogP contribution in [0.1, 0.15) is 28.9 Å². The Morgan fingerprint density at radius 1 is 1.19 bits per heavy atom. The van der Waals surface area contributed by atoms with Gasteiger partial charge in [-0.15, -0.1) is 0 Å². The minimum Gasteiger partial charge on any atom is -0.346 e. The number of hydrogen-bond donors (Lipinski definition) is 3. The zero-order valence-electron chi connectivity index (χ0n) is 13.8. The third-order valence-electron chi connectivity index (χ3n) is 4.05. The van der Waals surface area contributed by atoms with Gasteiger partial charge in [-0.05, 0) is 36.8 Å². The molecule has 1 atom stereocenters. The van der Waals surface area contributed by atoms with Gasteiger partial charge in [-0.2, -0.15) is 5.10 Å². The number of pyridine rings is 1. The summed E-state index contributed by atoms with van der Waals surface area (Å²) in [4.78, 5) is 37.4. The van der Waals surface area contributed by atoms with Crippen molar-refractivity contribution >= 4 is 16.9 Å². The van der Waals surface area contributed by atoms with Gasteiger partial charge < -0.3 is 15.3 Å². The maximum absolute atomic E-state index is 12.6. The smallest absolute Gasteiger partial charge is 0.323 e. The van der Waals surface area contributed by atoms with E-state index < -0.39 is 0 Å². The topological polar surface area (TPSA) is 121 Å². The summed E-state index contributed by atoms with van der Waals surface area (Å²) in [6.45, 7) is 1.88. The second-order valence-electron chi connectivity index (χ2n) is 5.82. The molecule has 0 bridgehead atoms. The van der Waals surface area contributed by atoms with Crippen molar-refractivity contribution in [3.8, 4) is 5.82 Å². The van der Waals surface area contributed by atoms with Crippen LogP contribution in [0.2, 0.25) is 0 Å². The molecule has 0 unspecified atom stereocenters. The number of amides is 1. The van der Waals surface area contributed by atoms with Crippen molar-refractivity contribution in [3.63, 3.8) is 0 Å². The first-order chi connectivity index (χ1) is 12.6. The normalized spacial score (nSPS) is 12.2. The molecule has 0 fully saturated rings. The highest BCUT2D eigenvalue weighted by Gasteiger charge is 2.13. The maximum Gasteiger partial charge on any atom is 0.323 e. The van der Waals surface area contributed by atoms with Crippen molar-refractivity contribution in [2.45, 2.75) is 13.0 Å². The number of nitrogens with one attached hydrogen (secondary N) is 3. The molecule has 0 aliphatic carbocycles. The van der Waals surface area contributed by atoms with E-state index in [1.54, 1.807) is 24.4 Å². The number of hydrogen-bond acceptors (Lipinski definition) is 5. The number of aromatic amines is 2. The van der Waals surface area contributed by atoms with Gasteiger partial charge in [0.15, 0.2) is 5.82 Å². The molecule has 0 spiro atoms. The predicted molar refractivity (Wildman–Crippen MR) is 94.0 cm³/mol. The van der Waals surface area contributed by atoms with Crippen molar-refractivity contribution in [2.75, 3.05) is 0 Å². The van der Waals surface area contributed by atoms with Crippen molar-refractivity contribution < 1.29 is 4.79 Å². The molecular formula is C17H15N7O2. The van der Waals surface area contributed by atoms with Crippen LogP contribution >= 0.6 is 0 Å². The maximum atomic E-state index is 12.6. The van der Waals surface area contributed by atoms with Crippen molar-refractivity contribution in [1.82, 2.24) is 35.0 Å². The Bertz CT molecular complexity index is 1130. The fourth-order valence-electron chi connectivity index (χ4n) is 2.69. The largest absolute Gasteiger partial charge is 0.346 e. The van der Waals surface area contributed by atoms with Crippen LogP contribution in [0.25, 0.3) is 16.9 Å². The van der Waals surface area contributed by atoms with Crippen LogP contribution in [0.4, 0.5) is 0 Å². The summed E-state index contributed by atoms with van der Waals surface area (Å²) in [5.74, 6) is 0.276. The van der Waals surface area contributed by atoms with Crippen LogP contribution in [0.3, 0.4) is 0 Å². The summed E-state index contributed by atoms with van der Waals surface area (Å²) in [7, 11) is 0. The number of fused-ring (bicyclic) bond motifs is 1. The highest BCUT2D eigenvalue weighted by Crippen LogP contribution is 2.17. The van der Waals surface area contributed by atoms with Gasteiger partial charge in [-0.3, -0.25) is 4.79 Å². The van der Waals surface area contributed by atoms with Crippen LogP contribution in [-0.2, 0) is 0 Å². The summed E-state index contributed by atoms with van der Waals surface area (Å²) >= 11 is 0. The van der Waals surface area contributed by atoms with Crippen LogP contribution < -0.4 is 11.0 Å². The number of nitrogens with zero attached hydrogens (tertiary/aromatic N) is 4. The third kappa shape index (κ3) is 2.97. The average molecular weight is 349 g/mol. The molecule has 0 radical (unpaired) electrons. The van der Waals surface area contributed by atoms with E-state index in [0.29, 0.717) is 16.9 Å². The number of aromatic nitrogens is 6. The minimum absolute atomic E-state index is 0.232. The molecular weight excluding hydrogens is 334 g/mol. The molecule has 1 aromatic carbocycles. The first kappa shape index (κ1) is 15.8. The van der Waals surface area contributed by atoms with Gasteiger partial charge in [-0.1, -0.05) is 6.07 Å². The molecule has 0 saturated heterocycles. The van der Waals surface area contributed by atoms with E-state index in [-0.39, 0.29) is 17.6 Å². The molecule has 0 aliphatic rings. The van der Waals surface area contributed by atoms with E-state index in [1.807, 2.05) is 19.1 Å². The summed E-state index contributed by atoms with van der Waals surface area (Å²) < 4.78 is 1.48. The standard InChI is InChI=1S/C17H15N7O2/c1-10(11-2-3-13-14(6-11)23-17(26)22-13)21-16(25)12-4-5-19-15(7-12)24-9-18-8-20-24/h2-10H,1H3,(H,21,25)(H2,22,23,26)/t10-/m1/s1. The molecule has 1 amide bonds. The Kier molecular flexibility index (Phi) is 3.81. The van der Waals surface area contributed by atoms with Gasteiger partial charge in [0.1, 0.15) is 12.7 Å². The van der Waals surface area contributed by atoms with E-state index in [0.717, 1.165) is 11.1 Å². The Labute approximate surface area is 147 Å². The molecule has 0 aliphatic heterocycles. The SMILES string of the molecule is C[C@@H](NC(=O)c1ccnc(-n2cncn2)c1)c1ccc2[nH]c(=O)[nH]c2c1. The lowest BCUT2D eigenvalue weighted by Crippen LogP contribution is -2.26. The lowest BCUT2D eigenvalue weighted by atomic mass is 10.1. The van der Waals surface area contributed by atoms with Crippen LogP contribution in [0.15, 0.2) is 54.0 Å². The quantitative estimate of drug-likeness (QED) is 0.513. The lowest BCUT2D eigenvalue weighted by Gasteiger charge is -2.14. The van der Waals surface area contributed by atoms with Crippen LogP contribution in [0, 0.1) is 0 Å². The van der Waals surface area contributed by atoms with Gasteiger partial charge >= 0.3 is 5.69 Å². The molecule has 3 heterocycles. The van der Waals surface area contributed by atoms with E-state index in [1.165, 1.54) is 17.3 Å². The molecule has 26 heavy (non-hydrogen) atoms. The molecule has 3 aromatic heterocycles. The van der Waals surface area contributed by atoms with Gasteiger partial charge in [0.25, 0.3) is 5.91 Å². The molecule has 130 valence electrons. The van der Waals surface area contributed by atoms with Gasteiger partial charge in [0.05, 0.1) is 17.1 Å². The Hall–Kier alpha value is -3.75. The first-order valence-electron chi connectivity index (χ1n) is 7.94. The second kappa shape index (κ2) is 6.28. The van der Waals surface area contributed by atoms with Crippen molar-refractivity contribution in [3.05, 3.63) is 70.8 Å². The number of rotatable bonds is 4. The van der Waals surface area contributed by atoms with Gasteiger partial charge in [-0.25, -0.2) is 19.4 Å². The predicted octanol–water partition coefficient (Wildman–Crippen LogP) is 1.32. The lowest BCUT2D eigenvalue weighted by molar-refractivity contribution is 0.0939. The Morgan fingerprint density at radius 2 is 2.04 bits per heavy atom. The molecule has 3 N–H and O–H groups in total. The second-order valence-corrected chi connectivity index (χ2v) is 5.82. The van der Waals surface area contributed by atoms with E-state index in [9.17, 15) is 9.59 Å². The third-order valence-corrected chi connectivity index (χ3v) is 4.05. The van der Waals surface area contributed by atoms with Gasteiger partial charge in [0.2, 0.25) is 0 Å². The fraction of sp³-hybridized carbons (Fsp3) is 0.118. The molecule has 4 aromatic rings. The molecule has 9 heteroatoms. The number of carbonyl (C=O) groups excluding carboxylic acids is 1. The summed E-state index contributed by atoms with van der Waals surface area (Å²) in [5.41, 5.74) is 2.52. The van der Waals surface area contributed by atoms with E-state index in [2.05, 4.69) is 30.4 Å². The molecule has 4 rings (SSSR count). The number of benzene rings is 1. The number of carbonyl (C=O) groups is 1. The monoisotopic (exact) mass is 349 g/mol. The zero-order valence-corrected chi connectivity index (χ0v) is 13.8. The van der Waals surface area contributed by atoms with Crippen molar-refractivity contribution in [1.29, 1.82) is 0 Å². The van der Waals surface area contributed by atoms with E-state index >= 15 is 0 Å². The van der Waals surface area contributed by atoms with Crippen molar-refractivity contribution in [2.24, 2.45) is 0 Å². The molecule has 0 saturated carbocycles. The minimum atomic E-state index is -0.258. The molecule has 9 nitrogen and oxygen atoms in total. The Balaban J connectivity index is 1.55. The van der Waals surface area contributed by atoms with Crippen LogP contribution in [-0.4, -0.2) is 35.6 Å². The number of H-pyrrole nitrogens is 2. The fourth-order valence-corrected chi connectivity index (χ4v) is 2.69. The summed E-state index contributed by atoms with van der Waals surface area (Å²) in [6, 6.07) is 8.54. The first-order valence-corrected chi connectivity index (χ1v) is 7.94.